The Bertz CT molecular complexity index is 281. The first kappa shape index (κ1) is 16.4. The van der Waals surface area contributed by atoms with Crippen LogP contribution in [0.1, 0.15) is 52.9 Å². The maximum Gasteiger partial charge on any atom is 0.223 e. The van der Waals surface area contributed by atoms with Crippen LogP contribution in [-0.2, 0) is 4.79 Å². The topological polar surface area (TPSA) is 58.4 Å². The zero-order valence-electron chi connectivity index (χ0n) is 13.0. The van der Waals surface area contributed by atoms with Crippen molar-refractivity contribution in [1.82, 2.24) is 10.2 Å². The molecule has 0 bridgehead atoms. The molecule has 0 saturated carbocycles. The molecule has 1 aliphatic rings. The molecule has 0 radical (unpaired) electrons. The molecule has 112 valence electrons. The van der Waals surface area contributed by atoms with Crippen LogP contribution >= 0.6 is 0 Å². The molecular weight excluding hydrogens is 238 g/mol. The molecule has 1 aliphatic heterocycles. The summed E-state index contributed by atoms with van der Waals surface area (Å²) in [6.07, 6.45) is 5.11. The van der Waals surface area contributed by atoms with Gasteiger partial charge in [-0.1, -0.05) is 13.3 Å². The minimum Gasteiger partial charge on any atom is -0.353 e. The second-order valence-corrected chi connectivity index (χ2v) is 6.37. The Kier molecular flexibility index (Phi) is 6.80. The van der Waals surface area contributed by atoms with E-state index in [1.54, 1.807) is 0 Å². The lowest BCUT2D eigenvalue weighted by Crippen LogP contribution is -2.48. The standard InChI is InChI=1S/C15H31N3O/c1-11(6-5-7-12(2)16)15(19)17-14-8-9-18(4)13(3)10-14/h11-14H,5-10,16H2,1-4H3,(H,17,19). The third-order valence-corrected chi connectivity index (χ3v) is 4.30. The lowest BCUT2D eigenvalue weighted by atomic mass is 9.96. The number of rotatable bonds is 6. The predicted octanol–water partition coefficient (Wildman–Crippen LogP) is 1.74. The molecule has 3 N–H and O–H groups in total. The van der Waals surface area contributed by atoms with E-state index < -0.39 is 0 Å². The van der Waals surface area contributed by atoms with Crippen LogP contribution in [0, 0.1) is 5.92 Å². The van der Waals surface area contributed by atoms with E-state index >= 15 is 0 Å². The third kappa shape index (κ3) is 5.91. The predicted molar refractivity (Wildman–Crippen MR) is 79.9 cm³/mol. The summed E-state index contributed by atoms with van der Waals surface area (Å²) in [6, 6.07) is 1.16. The zero-order chi connectivity index (χ0) is 14.4. The van der Waals surface area contributed by atoms with Crippen molar-refractivity contribution in [2.45, 2.75) is 71.0 Å². The van der Waals surface area contributed by atoms with Crippen LogP contribution in [0.2, 0.25) is 0 Å². The van der Waals surface area contributed by atoms with Gasteiger partial charge < -0.3 is 16.0 Å². The molecule has 0 aromatic rings. The molecule has 1 fully saturated rings. The molecule has 4 unspecified atom stereocenters. The van der Waals surface area contributed by atoms with Crippen molar-refractivity contribution >= 4 is 5.91 Å². The number of hydrogen-bond donors (Lipinski definition) is 2. The molecule has 0 aromatic heterocycles. The number of piperidine rings is 1. The van der Waals surface area contributed by atoms with E-state index in [2.05, 4.69) is 24.2 Å². The average Bonchev–Trinajstić information content (AvgIpc) is 2.33. The van der Waals surface area contributed by atoms with Gasteiger partial charge in [-0.3, -0.25) is 4.79 Å². The summed E-state index contributed by atoms with van der Waals surface area (Å²) in [4.78, 5) is 14.5. The third-order valence-electron chi connectivity index (χ3n) is 4.30. The largest absolute Gasteiger partial charge is 0.353 e. The van der Waals surface area contributed by atoms with Crippen molar-refractivity contribution in [2.24, 2.45) is 11.7 Å². The highest BCUT2D eigenvalue weighted by atomic mass is 16.1. The highest BCUT2D eigenvalue weighted by Gasteiger charge is 2.25. The molecule has 4 heteroatoms. The van der Waals surface area contributed by atoms with Crippen LogP contribution in [-0.4, -0.2) is 42.5 Å². The minimum atomic E-state index is 0.105. The van der Waals surface area contributed by atoms with E-state index in [4.69, 9.17) is 5.73 Å². The molecule has 1 amide bonds. The number of nitrogens with two attached hydrogens (primary N) is 1. The summed E-state index contributed by atoms with van der Waals surface area (Å²) in [5.74, 6) is 0.320. The summed E-state index contributed by atoms with van der Waals surface area (Å²) in [5, 5.41) is 3.21. The average molecular weight is 269 g/mol. The second-order valence-electron chi connectivity index (χ2n) is 6.37. The van der Waals surface area contributed by atoms with Gasteiger partial charge in [-0.05, 0) is 46.6 Å². The highest BCUT2D eigenvalue weighted by Crippen LogP contribution is 2.16. The monoisotopic (exact) mass is 269 g/mol. The van der Waals surface area contributed by atoms with E-state index in [1.807, 2.05) is 13.8 Å². The summed E-state index contributed by atoms with van der Waals surface area (Å²) >= 11 is 0. The quantitative estimate of drug-likeness (QED) is 0.772. The summed E-state index contributed by atoms with van der Waals surface area (Å²) < 4.78 is 0. The van der Waals surface area contributed by atoms with Gasteiger partial charge in [-0.2, -0.15) is 0 Å². The fraction of sp³-hybridized carbons (Fsp3) is 0.933. The normalized spacial score (nSPS) is 27.8. The smallest absolute Gasteiger partial charge is 0.223 e. The number of carbonyl (C=O) groups excluding carboxylic acids is 1. The van der Waals surface area contributed by atoms with Gasteiger partial charge in [0.15, 0.2) is 0 Å². The van der Waals surface area contributed by atoms with Gasteiger partial charge in [0.2, 0.25) is 5.91 Å². The maximum absolute atomic E-state index is 12.1. The lowest BCUT2D eigenvalue weighted by Gasteiger charge is -2.35. The number of hydrogen-bond acceptors (Lipinski definition) is 3. The van der Waals surface area contributed by atoms with E-state index in [-0.39, 0.29) is 17.9 Å². The molecule has 0 aromatic carbocycles. The van der Waals surface area contributed by atoms with Crippen LogP contribution in [0.25, 0.3) is 0 Å². The maximum atomic E-state index is 12.1. The fourth-order valence-corrected chi connectivity index (χ4v) is 2.64. The fourth-order valence-electron chi connectivity index (χ4n) is 2.64. The Labute approximate surface area is 118 Å². The molecule has 1 heterocycles. The molecule has 0 spiro atoms. The van der Waals surface area contributed by atoms with Crippen molar-refractivity contribution in [3.63, 3.8) is 0 Å². The molecular formula is C15H31N3O. The van der Waals surface area contributed by atoms with Crippen LogP contribution in [0.3, 0.4) is 0 Å². The van der Waals surface area contributed by atoms with Crippen molar-refractivity contribution in [3.8, 4) is 0 Å². The summed E-state index contributed by atoms with van der Waals surface area (Å²) in [5.41, 5.74) is 5.73. The van der Waals surface area contributed by atoms with Gasteiger partial charge in [-0.15, -0.1) is 0 Å². The molecule has 1 saturated heterocycles. The van der Waals surface area contributed by atoms with Crippen molar-refractivity contribution < 1.29 is 4.79 Å². The van der Waals surface area contributed by atoms with Crippen LogP contribution < -0.4 is 11.1 Å². The summed E-state index contributed by atoms with van der Waals surface area (Å²) in [6.45, 7) is 7.34. The van der Waals surface area contributed by atoms with Crippen molar-refractivity contribution in [2.75, 3.05) is 13.6 Å². The SMILES string of the molecule is CC(N)CCCC(C)C(=O)NC1CCN(C)C(C)C1. The van der Waals surface area contributed by atoms with Gasteiger partial charge in [0, 0.05) is 30.6 Å². The Morgan fingerprint density at radius 3 is 2.68 bits per heavy atom. The van der Waals surface area contributed by atoms with E-state index in [1.165, 1.54) is 0 Å². The highest BCUT2D eigenvalue weighted by molar-refractivity contribution is 5.78. The van der Waals surface area contributed by atoms with Crippen LogP contribution in [0.15, 0.2) is 0 Å². The number of nitrogens with one attached hydrogen (secondary N) is 1. The van der Waals surface area contributed by atoms with E-state index in [0.29, 0.717) is 12.1 Å². The van der Waals surface area contributed by atoms with E-state index in [0.717, 1.165) is 38.6 Å². The first-order chi connectivity index (χ1) is 8.90. The molecule has 4 atom stereocenters. The Morgan fingerprint density at radius 1 is 1.42 bits per heavy atom. The molecule has 0 aliphatic carbocycles. The van der Waals surface area contributed by atoms with Crippen LogP contribution in [0.4, 0.5) is 0 Å². The first-order valence-corrected chi connectivity index (χ1v) is 7.66. The van der Waals surface area contributed by atoms with E-state index in [9.17, 15) is 4.79 Å². The second kappa shape index (κ2) is 7.85. The zero-order valence-corrected chi connectivity index (χ0v) is 13.0. The Hall–Kier alpha value is -0.610. The van der Waals surface area contributed by atoms with Gasteiger partial charge in [0.1, 0.15) is 0 Å². The number of nitrogens with zero attached hydrogens (tertiary/aromatic N) is 1. The van der Waals surface area contributed by atoms with Gasteiger partial charge in [-0.25, -0.2) is 0 Å². The Balaban J connectivity index is 2.26. The molecule has 19 heavy (non-hydrogen) atoms. The minimum absolute atomic E-state index is 0.105. The molecule has 1 rings (SSSR count). The van der Waals surface area contributed by atoms with Crippen molar-refractivity contribution in [1.29, 1.82) is 0 Å². The Morgan fingerprint density at radius 2 is 2.11 bits per heavy atom. The number of amides is 1. The van der Waals surface area contributed by atoms with Gasteiger partial charge >= 0.3 is 0 Å². The van der Waals surface area contributed by atoms with Crippen molar-refractivity contribution in [3.05, 3.63) is 0 Å². The number of likely N-dealkylation sites (tertiary alicyclic amines) is 1. The van der Waals surface area contributed by atoms with Gasteiger partial charge in [0.05, 0.1) is 0 Å². The molecule has 4 nitrogen and oxygen atoms in total. The first-order valence-electron chi connectivity index (χ1n) is 7.66. The van der Waals surface area contributed by atoms with Gasteiger partial charge in [0.25, 0.3) is 0 Å². The number of carbonyl (C=O) groups is 1. The lowest BCUT2D eigenvalue weighted by molar-refractivity contribution is -0.125. The van der Waals surface area contributed by atoms with Crippen LogP contribution in [0.5, 0.6) is 0 Å². The summed E-state index contributed by atoms with van der Waals surface area (Å²) in [7, 11) is 2.15.